The number of carbonyl (C=O) groups excluding carboxylic acids is 1. The number of fused-ring (bicyclic) bond motifs is 1. The molecule has 0 saturated carbocycles. The average Bonchev–Trinajstić information content (AvgIpc) is 3.02. The first kappa shape index (κ1) is 13.9. The van der Waals surface area contributed by atoms with Crippen LogP contribution < -0.4 is 5.73 Å². The lowest BCUT2D eigenvalue weighted by atomic mass is 10.1. The van der Waals surface area contributed by atoms with Gasteiger partial charge >= 0.3 is 0 Å². The molecule has 112 valence electrons. The van der Waals surface area contributed by atoms with Crippen molar-refractivity contribution in [3.05, 3.63) is 12.7 Å². The molecule has 9 heteroatoms. The highest BCUT2D eigenvalue weighted by molar-refractivity contribution is 5.81. The first-order valence-electron chi connectivity index (χ1n) is 6.44. The minimum absolute atomic E-state index is 0.213. The number of nitrogens with two attached hydrogens (primary N) is 1. The molecular weight excluding hydrogens is 278 g/mol. The number of anilines is 1. The minimum Gasteiger partial charge on any atom is -0.390 e. The number of rotatable bonds is 3. The van der Waals surface area contributed by atoms with Crippen molar-refractivity contribution in [2.45, 2.75) is 37.9 Å². The fourth-order valence-electron chi connectivity index (χ4n) is 2.44. The monoisotopic (exact) mass is 293 g/mol. The predicted molar refractivity (Wildman–Crippen MR) is 71.0 cm³/mol. The predicted octanol–water partition coefficient (Wildman–Crippen LogP) is -0.993. The highest BCUT2D eigenvalue weighted by Gasteiger charge is 2.41. The van der Waals surface area contributed by atoms with Gasteiger partial charge < -0.3 is 20.7 Å². The summed E-state index contributed by atoms with van der Waals surface area (Å²) in [5, 5.41) is 19.7. The van der Waals surface area contributed by atoms with Crippen molar-refractivity contribution in [2.75, 3.05) is 5.73 Å². The molecule has 1 saturated heterocycles. The van der Waals surface area contributed by atoms with E-state index in [0.29, 0.717) is 11.2 Å². The van der Waals surface area contributed by atoms with E-state index in [1.807, 2.05) is 0 Å². The largest absolute Gasteiger partial charge is 0.390 e. The van der Waals surface area contributed by atoms with E-state index in [9.17, 15) is 15.0 Å². The van der Waals surface area contributed by atoms with E-state index < -0.39 is 30.3 Å². The highest BCUT2D eigenvalue weighted by atomic mass is 16.5. The molecule has 1 aliphatic heterocycles. The molecule has 0 aliphatic carbocycles. The Hall–Kier alpha value is -2.10. The molecule has 0 bridgehead atoms. The zero-order valence-corrected chi connectivity index (χ0v) is 11.2. The van der Waals surface area contributed by atoms with Gasteiger partial charge in [0.25, 0.3) is 0 Å². The van der Waals surface area contributed by atoms with Crippen LogP contribution in [0.5, 0.6) is 0 Å². The average molecular weight is 293 g/mol. The molecule has 0 aromatic carbocycles. The van der Waals surface area contributed by atoms with Gasteiger partial charge in [0.05, 0.1) is 12.4 Å². The fraction of sp³-hybridized carbons (Fsp3) is 0.500. The molecule has 0 spiro atoms. The first-order valence-corrected chi connectivity index (χ1v) is 6.44. The van der Waals surface area contributed by atoms with Gasteiger partial charge in [-0.3, -0.25) is 9.36 Å². The third-order valence-electron chi connectivity index (χ3n) is 3.56. The number of ketones is 1. The van der Waals surface area contributed by atoms with Gasteiger partial charge in [-0.25, -0.2) is 15.0 Å². The molecule has 21 heavy (non-hydrogen) atoms. The van der Waals surface area contributed by atoms with E-state index >= 15 is 0 Å². The molecule has 0 amide bonds. The van der Waals surface area contributed by atoms with Crippen LogP contribution in [0.25, 0.3) is 11.2 Å². The number of Topliss-reactive ketones (excluding diaryl/α,β-unsaturated/α-hetero) is 1. The third kappa shape index (κ3) is 2.24. The lowest BCUT2D eigenvalue weighted by Crippen LogP contribution is -2.39. The smallest absolute Gasteiger partial charge is 0.167 e. The van der Waals surface area contributed by atoms with Gasteiger partial charge in [-0.05, 0) is 6.92 Å². The maximum Gasteiger partial charge on any atom is 0.167 e. The van der Waals surface area contributed by atoms with E-state index in [1.165, 1.54) is 19.6 Å². The molecule has 4 atom stereocenters. The highest BCUT2D eigenvalue weighted by Crippen LogP contribution is 2.32. The zero-order chi connectivity index (χ0) is 15.1. The van der Waals surface area contributed by atoms with Crippen LogP contribution in [0.1, 0.15) is 19.6 Å². The summed E-state index contributed by atoms with van der Waals surface area (Å²) >= 11 is 0. The second-order valence-corrected chi connectivity index (χ2v) is 5.00. The Balaban J connectivity index is 1.91. The van der Waals surface area contributed by atoms with Gasteiger partial charge in [0.1, 0.15) is 30.3 Å². The Morgan fingerprint density at radius 2 is 2.29 bits per heavy atom. The second kappa shape index (κ2) is 5.02. The number of carbonyl (C=O) groups is 1. The van der Waals surface area contributed by atoms with Crippen molar-refractivity contribution < 1.29 is 19.7 Å². The Morgan fingerprint density at radius 3 is 3.00 bits per heavy atom. The van der Waals surface area contributed by atoms with E-state index in [4.69, 9.17) is 10.5 Å². The van der Waals surface area contributed by atoms with Crippen LogP contribution in [0.4, 0.5) is 5.82 Å². The van der Waals surface area contributed by atoms with Crippen LogP contribution in [0.2, 0.25) is 0 Å². The number of nitrogen functional groups attached to an aromatic ring is 1. The molecule has 9 nitrogen and oxygen atoms in total. The molecule has 4 N–H and O–H groups in total. The van der Waals surface area contributed by atoms with Gasteiger partial charge in [-0.15, -0.1) is 0 Å². The third-order valence-corrected chi connectivity index (χ3v) is 3.56. The second-order valence-electron chi connectivity index (χ2n) is 5.00. The number of aromatic nitrogens is 4. The summed E-state index contributed by atoms with van der Waals surface area (Å²) in [6.07, 6.45) is -0.865. The van der Waals surface area contributed by atoms with Crippen molar-refractivity contribution in [3.8, 4) is 0 Å². The molecule has 1 unspecified atom stereocenters. The van der Waals surface area contributed by atoms with Crippen LogP contribution in [0.3, 0.4) is 0 Å². The quantitative estimate of drug-likeness (QED) is 0.656. The summed E-state index contributed by atoms with van der Waals surface area (Å²) in [5.74, 6) is -0.209. The van der Waals surface area contributed by atoms with Crippen LogP contribution >= 0.6 is 0 Å². The first-order chi connectivity index (χ1) is 9.99. The summed E-state index contributed by atoms with van der Waals surface area (Å²) in [6.45, 7) is 1.24. The topological polar surface area (TPSA) is 136 Å². The summed E-state index contributed by atoms with van der Waals surface area (Å²) < 4.78 is 7.19. The summed E-state index contributed by atoms with van der Waals surface area (Å²) in [4.78, 5) is 23.3. The van der Waals surface area contributed by atoms with Gasteiger partial charge in [0.2, 0.25) is 0 Å². The van der Waals surface area contributed by atoms with Crippen molar-refractivity contribution in [2.24, 2.45) is 0 Å². The molecule has 0 radical (unpaired) electrons. The SMILES string of the molecule is CC(=O)C(O)[C@H]1O[C@@H](n2cnc3c(N)ncnc32)C[C@@H]1O. The number of nitrogens with zero attached hydrogens (tertiary/aromatic N) is 4. The summed E-state index contributed by atoms with van der Waals surface area (Å²) in [7, 11) is 0. The van der Waals surface area contributed by atoms with Crippen LogP contribution in [0.15, 0.2) is 12.7 Å². The van der Waals surface area contributed by atoms with Crippen molar-refractivity contribution in [1.29, 1.82) is 0 Å². The number of imidazole rings is 1. The zero-order valence-electron chi connectivity index (χ0n) is 11.2. The number of ether oxygens (including phenoxy) is 1. The van der Waals surface area contributed by atoms with E-state index in [1.54, 1.807) is 4.57 Å². The van der Waals surface area contributed by atoms with Crippen LogP contribution in [-0.2, 0) is 9.53 Å². The maximum atomic E-state index is 11.2. The Kier molecular flexibility index (Phi) is 3.32. The van der Waals surface area contributed by atoms with Gasteiger partial charge in [-0.1, -0.05) is 0 Å². The van der Waals surface area contributed by atoms with Crippen molar-refractivity contribution >= 4 is 22.8 Å². The Bertz CT molecular complexity index is 687. The Labute approximate surface area is 119 Å². The molecule has 3 rings (SSSR count). The minimum atomic E-state index is -1.36. The number of aliphatic hydroxyl groups is 2. The standard InChI is InChI=1S/C12H15N5O4/c1-5(18)9(20)10-6(19)2-7(21-10)17-4-16-8-11(13)14-3-15-12(8)17/h3-4,6-7,9-10,19-20H,2H2,1H3,(H2,13,14,15)/t6-,7+,9?,10-/m0/s1. The number of hydrogen-bond acceptors (Lipinski definition) is 8. The van der Waals surface area contributed by atoms with Crippen molar-refractivity contribution in [1.82, 2.24) is 19.5 Å². The number of aliphatic hydroxyl groups excluding tert-OH is 2. The van der Waals surface area contributed by atoms with Gasteiger partial charge in [-0.2, -0.15) is 0 Å². The van der Waals surface area contributed by atoms with Gasteiger partial charge in [0.15, 0.2) is 17.2 Å². The molecular formula is C12H15N5O4. The normalized spacial score (nSPS) is 27.1. The number of hydrogen-bond donors (Lipinski definition) is 3. The molecule has 2 aromatic heterocycles. The molecule has 1 aliphatic rings. The molecule has 1 fully saturated rings. The fourth-order valence-corrected chi connectivity index (χ4v) is 2.44. The van der Waals surface area contributed by atoms with Gasteiger partial charge in [0, 0.05) is 6.42 Å². The maximum absolute atomic E-state index is 11.2. The van der Waals surface area contributed by atoms with E-state index in [2.05, 4.69) is 15.0 Å². The van der Waals surface area contributed by atoms with Crippen molar-refractivity contribution in [3.63, 3.8) is 0 Å². The molecule has 3 heterocycles. The van der Waals surface area contributed by atoms with Crippen LogP contribution in [-0.4, -0.2) is 53.8 Å². The Morgan fingerprint density at radius 1 is 1.52 bits per heavy atom. The van der Waals surface area contributed by atoms with Crippen LogP contribution in [0, 0.1) is 0 Å². The lowest BCUT2D eigenvalue weighted by molar-refractivity contribution is -0.139. The lowest BCUT2D eigenvalue weighted by Gasteiger charge is -2.19. The molecule has 2 aromatic rings. The summed E-state index contributed by atoms with van der Waals surface area (Å²) in [6, 6.07) is 0. The van der Waals surface area contributed by atoms with E-state index in [0.717, 1.165) is 0 Å². The van der Waals surface area contributed by atoms with E-state index in [-0.39, 0.29) is 12.2 Å². The summed E-state index contributed by atoms with van der Waals surface area (Å²) in [5.41, 5.74) is 6.62.